The van der Waals surface area contributed by atoms with Crippen molar-refractivity contribution in [2.24, 2.45) is 4.99 Å². The fourth-order valence-electron chi connectivity index (χ4n) is 4.76. The Bertz CT molecular complexity index is 1180. The molecule has 6 nitrogen and oxygen atoms in total. The number of benzene rings is 1. The summed E-state index contributed by atoms with van der Waals surface area (Å²) in [5.74, 6) is 0.697. The molecule has 0 unspecified atom stereocenters. The number of imidazole rings is 1. The lowest BCUT2D eigenvalue weighted by atomic mass is 9.98. The van der Waals surface area contributed by atoms with Crippen LogP contribution in [0.4, 0.5) is 0 Å². The summed E-state index contributed by atoms with van der Waals surface area (Å²) >= 11 is 3.62. The maximum atomic E-state index is 12.7. The minimum absolute atomic E-state index is 0.0683. The summed E-state index contributed by atoms with van der Waals surface area (Å²) in [6, 6.07) is 11.7. The van der Waals surface area contributed by atoms with Crippen molar-refractivity contribution in [3.8, 4) is 5.69 Å². The standard InChI is InChI=1S/C26H27BrN4O2/c1-17-16-29-26-22(11-13-24(32)33-19-7-3-2-4-8-19)30-25(21-9-5-6-14-28-21)20-15-18(27)10-12-23(20)31(17)26/h5-6,9-10,12,14-16,19,22H,2-4,7-8,11,13H2,1H3/t22-/m0/s1. The van der Waals surface area contributed by atoms with E-state index in [1.807, 2.05) is 37.4 Å². The van der Waals surface area contributed by atoms with Crippen LogP contribution in [0.5, 0.6) is 0 Å². The van der Waals surface area contributed by atoms with E-state index in [1.165, 1.54) is 6.42 Å². The Balaban J connectivity index is 1.50. The van der Waals surface area contributed by atoms with E-state index >= 15 is 0 Å². The van der Waals surface area contributed by atoms with Crippen molar-refractivity contribution in [3.63, 3.8) is 0 Å². The highest BCUT2D eigenvalue weighted by Gasteiger charge is 2.28. The first kappa shape index (κ1) is 22.0. The van der Waals surface area contributed by atoms with Crippen LogP contribution in [0.15, 0.2) is 58.3 Å². The molecule has 7 heteroatoms. The summed E-state index contributed by atoms with van der Waals surface area (Å²) in [5.41, 5.74) is 4.64. The van der Waals surface area contributed by atoms with Gasteiger partial charge in [0.1, 0.15) is 18.0 Å². The number of hydrogen-bond acceptors (Lipinski definition) is 5. The molecule has 1 saturated carbocycles. The maximum Gasteiger partial charge on any atom is 0.306 e. The number of ether oxygens (including phenoxy) is 1. The van der Waals surface area contributed by atoms with E-state index in [4.69, 9.17) is 14.7 Å². The molecule has 0 radical (unpaired) electrons. The molecule has 0 bridgehead atoms. The third kappa shape index (κ3) is 4.64. The summed E-state index contributed by atoms with van der Waals surface area (Å²) < 4.78 is 8.88. The van der Waals surface area contributed by atoms with Crippen molar-refractivity contribution in [1.29, 1.82) is 0 Å². The number of halogens is 1. The normalized spacial score (nSPS) is 18.1. The summed E-state index contributed by atoms with van der Waals surface area (Å²) in [5, 5.41) is 0. The van der Waals surface area contributed by atoms with Gasteiger partial charge in [0.25, 0.3) is 0 Å². The van der Waals surface area contributed by atoms with Crippen LogP contribution >= 0.6 is 15.9 Å². The van der Waals surface area contributed by atoms with E-state index in [2.05, 4.69) is 37.6 Å². The summed E-state index contributed by atoms with van der Waals surface area (Å²) in [6.45, 7) is 2.04. The van der Waals surface area contributed by atoms with Crippen molar-refractivity contribution in [1.82, 2.24) is 14.5 Å². The number of carbonyl (C=O) groups excluding carboxylic acids is 1. The van der Waals surface area contributed by atoms with E-state index in [-0.39, 0.29) is 18.1 Å². The van der Waals surface area contributed by atoms with E-state index in [1.54, 1.807) is 6.20 Å². The molecule has 1 aliphatic carbocycles. The van der Waals surface area contributed by atoms with Crippen LogP contribution in [-0.4, -0.2) is 32.3 Å². The summed E-state index contributed by atoms with van der Waals surface area (Å²) in [7, 11) is 0. The Hall–Kier alpha value is -2.80. The number of fused-ring (bicyclic) bond motifs is 3. The summed E-state index contributed by atoms with van der Waals surface area (Å²) in [6.07, 6.45) is 10.0. The van der Waals surface area contributed by atoms with Crippen LogP contribution in [0.1, 0.15) is 73.8 Å². The summed E-state index contributed by atoms with van der Waals surface area (Å²) in [4.78, 5) is 27.1. The predicted molar refractivity (Wildman–Crippen MR) is 131 cm³/mol. The van der Waals surface area contributed by atoms with Gasteiger partial charge in [-0.2, -0.15) is 0 Å². The third-order valence-electron chi connectivity index (χ3n) is 6.38. The molecule has 0 N–H and O–H groups in total. The monoisotopic (exact) mass is 506 g/mol. The SMILES string of the molecule is Cc1cnc2n1-c1ccc(Br)cc1C(c1ccccn1)=N[C@H]2CCC(=O)OC1CCCCC1. The third-order valence-corrected chi connectivity index (χ3v) is 6.88. The second kappa shape index (κ2) is 9.59. The van der Waals surface area contributed by atoms with Gasteiger partial charge in [0, 0.05) is 34.5 Å². The Kier molecular flexibility index (Phi) is 6.40. The highest BCUT2D eigenvalue weighted by molar-refractivity contribution is 9.10. The molecule has 2 aromatic heterocycles. The lowest BCUT2D eigenvalue weighted by Crippen LogP contribution is -2.21. The molecule has 5 rings (SSSR count). The van der Waals surface area contributed by atoms with Crippen molar-refractivity contribution >= 4 is 27.6 Å². The van der Waals surface area contributed by atoms with Crippen LogP contribution in [0.2, 0.25) is 0 Å². The Morgan fingerprint density at radius 1 is 1.15 bits per heavy atom. The Morgan fingerprint density at radius 2 is 2.00 bits per heavy atom. The number of esters is 1. The first-order valence-electron chi connectivity index (χ1n) is 11.6. The predicted octanol–water partition coefficient (Wildman–Crippen LogP) is 5.89. The van der Waals surface area contributed by atoms with E-state index < -0.39 is 0 Å². The number of nitrogens with zero attached hydrogens (tertiary/aromatic N) is 4. The average Bonchev–Trinajstić information content (AvgIpc) is 3.15. The molecule has 170 valence electrons. The molecule has 0 saturated heterocycles. The Morgan fingerprint density at radius 3 is 2.79 bits per heavy atom. The molecule has 3 aromatic rings. The van der Waals surface area contributed by atoms with Crippen LogP contribution in [-0.2, 0) is 9.53 Å². The number of aliphatic imine (C=N–C) groups is 1. The largest absolute Gasteiger partial charge is 0.462 e. The number of aryl methyl sites for hydroxylation is 1. The van der Waals surface area contributed by atoms with E-state index in [9.17, 15) is 4.79 Å². The number of rotatable bonds is 5. The topological polar surface area (TPSA) is 69.4 Å². The van der Waals surface area contributed by atoms with E-state index in [0.717, 1.165) is 64.3 Å². The van der Waals surface area contributed by atoms with Crippen molar-refractivity contribution < 1.29 is 9.53 Å². The number of pyridine rings is 1. The minimum atomic E-state index is -0.277. The molecule has 1 atom stereocenters. The van der Waals surface area contributed by atoms with Gasteiger partial charge in [-0.25, -0.2) is 4.98 Å². The number of hydrogen-bond donors (Lipinski definition) is 0. The number of carbonyl (C=O) groups is 1. The van der Waals surface area contributed by atoms with Crippen molar-refractivity contribution in [3.05, 3.63) is 76.0 Å². The second-order valence-electron chi connectivity index (χ2n) is 8.75. The van der Waals surface area contributed by atoms with Crippen LogP contribution in [0, 0.1) is 6.92 Å². The van der Waals surface area contributed by atoms with E-state index in [0.29, 0.717) is 12.8 Å². The lowest BCUT2D eigenvalue weighted by Gasteiger charge is -2.22. The maximum absolute atomic E-state index is 12.7. The van der Waals surface area contributed by atoms with Gasteiger partial charge >= 0.3 is 5.97 Å². The smallest absolute Gasteiger partial charge is 0.306 e. The Labute approximate surface area is 202 Å². The highest BCUT2D eigenvalue weighted by Crippen LogP contribution is 2.34. The molecule has 1 fully saturated rings. The van der Waals surface area contributed by atoms with Gasteiger partial charge in [0.05, 0.1) is 17.1 Å². The molecule has 1 aliphatic heterocycles. The fourth-order valence-corrected chi connectivity index (χ4v) is 5.12. The van der Waals surface area contributed by atoms with Gasteiger partial charge in [0.2, 0.25) is 0 Å². The van der Waals surface area contributed by atoms with Crippen LogP contribution < -0.4 is 0 Å². The van der Waals surface area contributed by atoms with Gasteiger partial charge in [-0.1, -0.05) is 28.4 Å². The first-order chi connectivity index (χ1) is 16.1. The van der Waals surface area contributed by atoms with Gasteiger partial charge in [-0.15, -0.1) is 0 Å². The molecular weight excluding hydrogens is 480 g/mol. The average molecular weight is 507 g/mol. The molecule has 2 aliphatic rings. The molecule has 0 spiro atoms. The molecule has 33 heavy (non-hydrogen) atoms. The minimum Gasteiger partial charge on any atom is -0.462 e. The number of aromatic nitrogens is 3. The quantitative estimate of drug-likeness (QED) is 0.404. The van der Waals surface area contributed by atoms with Crippen molar-refractivity contribution in [2.75, 3.05) is 0 Å². The van der Waals surface area contributed by atoms with Crippen LogP contribution in [0.25, 0.3) is 5.69 Å². The molecular formula is C26H27BrN4O2. The molecule has 1 aromatic carbocycles. The van der Waals surface area contributed by atoms with Gasteiger partial charge in [-0.05, 0) is 69.4 Å². The van der Waals surface area contributed by atoms with Crippen molar-refractivity contribution in [2.45, 2.75) is 64.0 Å². The second-order valence-corrected chi connectivity index (χ2v) is 9.67. The zero-order valence-corrected chi connectivity index (χ0v) is 20.3. The fraction of sp³-hybridized carbons (Fsp3) is 0.385. The first-order valence-corrected chi connectivity index (χ1v) is 12.4. The van der Waals surface area contributed by atoms with Gasteiger partial charge < -0.3 is 4.74 Å². The molecule has 0 amide bonds. The zero-order chi connectivity index (χ0) is 22.8. The van der Waals surface area contributed by atoms with Crippen LogP contribution in [0.3, 0.4) is 0 Å². The van der Waals surface area contributed by atoms with Gasteiger partial charge in [0.15, 0.2) is 0 Å². The lowest BCUT2D eigenvalue weighted by molar-refractivity contribution is -0.150. The highest BCUT2D eigenvalue weighted by atomic mass is 79.9. The molecule has 3 heterocycles. The zero-order valence-electron chi connectivity index (χ0n) is 18.7. The van der Waals surface area contributed by atoms with Gasteiger partial charge in [-0.3, -0.25) is 19.3 Å².